The highest BCUT2D eigenvalue weighted by molar-refractivity contribution is 5.33. The predicted molar refractivity (Wildman–Crippen MR) is 74.3 cm³/mol. The lowest BCUT2D eigenvalue weighted by molar-refractivity contribution is 0.407. The first-order valence-corrected chi connectivity index (χ1v) is 6.74. The molecule has 1 aromatic heterocycles. The molecule has 0 spiro atoms. The summed E-state index contributed by atoms with van der Waals surface area (Å²) in [5, 5.41) is 3.52. The molecule has 1 unspecified atom stereocenters. The van der Waals surface area contributed by atoms with Crippen LogP contribution in [0.25, 0.3) is 0 Å². The quantitative estimate of drug-likeness (QED) is 0.914. The van der Waals surface area contributed by atoms with E-state index in [0.29, 0.717) is 6.04 Å². The highest BCUT2D eigenvalue weighted by Gasteiger charge is 2.20. The molecule has 100 valence electrons. The van der Waals surface area contributed by atoms with Gasteiger partial charge in [-0.15, -0.1) is 0 Å². The van der Waals surface area contributed by atoms with Gasteiger partial charge in [0.15, 0.2) is 0 Å². The summed E-state index contributed by atoms with van der Waals surface area (Å²) in [6.45, 7) is 1.90. The molecule has 1 fully saturated rings. The molecule has 1 saturated heterocycles. The van der Waals surface area contributed by atoms with E-state index in [2.05, 4.69) is 20.9 Å². The average molecular weight is 257 g/mol. The maximum atomic E-state index is 5.41. The highest BCUT2D eigenvalue weighted by Crippen LogP contribution is 2.25. The molecule has 1 aliphatic heterocycles. The highest BCUT2D eigenvalue weighted by atomic mass is 16.5. The van der Waals surface area contributed by atoms with Crippen molar-refractivity contribution < 1.29 is 4.74 Å². The van der Waals surface area contributed by atoms with Crippen molar-refractivity contribution in [1.29, 1.82) is 0 Å². The van der Waals surface area contributed by atoms with Crippen LogP contribution in [0.3, 0.4) is 0 Å². The van der Waals surface area contributed by atoms with Crippen molar-refractivity contribution in [2.24, 2.45) is 0 Å². The van der Waals surface area contributed by atoms with Crippen LogP contribution in [0.5, 0.6) is 5.75 Å². The molecule has 1 atom stereocenters. The lowest BCUT2D eigenvalue weighted by Crippen LogP contribution is -2.17. The number of hydrogen-bond acceptors (Lipinski definition) is 3. The Kier molecular flexibility index (Phi) is 3.51. The number of para-hydroxylation sites is 1. The average Bonchev–Trinajstić information content (AvgIpc) is 3.09. The van der Waals surface area contributed by atoms with Gasteiger partial charge in [-0.3, -0.25) is 0 Å². The summed E-state index contributed by atoms with van der Waals surface area (Å²) in [5.41, 5.74) is 2.45. The van der Waals surface area contributed by atoms with E-state index in [1.807, 2.05) is 30.7 Å². The summed E-state index contributed by atoms with van der Waals surface area (Å²) in [6, 6.07) is 8.58. The van der Waals surface area contributed by atoms with Gasteiger partial charge in [-0.2, -0.15) is 0 Å². The van der Waals surface area contributed by atoms with E-state index in [1.54, 1.807) is 7.11 Å². The Balaban J connectivity index is 1.85. The number of hydrogen-bond donors (Lipinski definition) is 1. The minimum absolute atomic E-state index is 0.442. The molecular formula is C15H19N3O. The Bertz CT molecular complexity index is 544. The van der Waals surface area contributed by atoms with E-state index >= 15 is 0 Å². The summed E-state index contributed by atoms with van der Waals surface area (Å²) in [7, 11) is 1.71. The molecule has 1 N–H and O–H groups in total. The fourth-order valence-corrected chi connectivity index (χ4v) is 2.71. The van der Waals surface area contributed by atoms with Crippen molar-refractivity contribution >= 4 is 0 Å². The lowest BCUT2D eigenvalue weighted by atomic mass is 10.1. The third kappa shape index (κ3) is 2.49. The van der Waals surface area contributed by atoms with E-state index in [1.165, 1.54) is 24.1 Å². The number of ether oxygens (including phenoxy) is 1. The fraction of sp³-hybridized carbons (Fsp3) is 0.400. The first-order valence-electron chi connectivity index (χ1n) is 6.74. The Morgan fingerprint density at radius 2 is 2.32 bits per heavy atom. The van der Waals surface area contributed by atoms with Crippen LogP contribution in [-0.4, -0.2) is 23.2 Å². The third-order valence-corrected chi connectivity index (χ3v) is 3.70. The number of nitrogens with one attached hydrogen (secondary N) is 1. The second-order valence-corrected chi connectivity index (χ2v) is 4.91. The summed E-state index contributed by atoms with van der Waals surface area (Å²) < 4.78 is 7.62. The molecule has 0 saturated carbocycles. The van der Waals surface area contributed by atoms with Crippen molar-refractivity contribution in [3.8, 4) is 5.75 Å². The van der Waals surface area contributed by atoms with Gasteiger partial charge in [0.05, 0.1) is 25.7 Å². The lowest BCUT2D eigenvalue weighted by Gasteiger charge is -2.15. The van der Waals surface area contributed by atoms with Gasteiger partial charge >= 0.3 is 0 Å². The van der Waals surface area contributed by atoms with Crippen LogP contribution < -0.4 is 10.1 Å². The van der Waals surface area contributed by atoms with Gasteiger partial charge in [-0.25, -0.2) is 4.98 Å². The van der Waals surface area contributed by atoms with E-state index in [4.69, 9.17) is 4.74 Å². The molecule has 4 heteroatoms. The molecule has 2 aromatic rings. The van der Waals surface area contributed by atoms with Crippen molar-refractivity contribution in [3.63, 3.8) is 0 Å². The fourth-order valence-electron chi connectivity index (χ4n) is 2.71. The van der Waals surface area contributed by atoms with E-state index in [9.17, 15) is 0 Å². The minimum Gasteiger partial charge on any atom is -0.496 e. The number of nitrogens with zero attached hydrogens (tertiary/aromatic N) is 2. The summed E-state index contributed by atoms with van der Waals surface area (Å²) >= 11 is 0. The zero-order valence-electron chi connectivity index (χ0n) is 11.2. The smallest absolute Gasteiger partial charge is 0.123 e. The van der Waals surface area contributed by atoms with E-state index in [0.717, 1.165) is 18.8 Å². The molecule has 0 radical (unpaired) electrons. The number of methoxy groups -OCH3 is 1. The molecule has 0 aliphatic carbocycles. The van der Waals surface area contributed by atoms with Crippen LogP contribution in [0, 0.1) is 0 Å². The number of imidazole rings is 1. The van der Waals surface area contributed by atoms with Crippen LogP contribution in [0.1, 0.15) is 30.1 Å². The van der Waals surface area contributed by atoms with E-state index in [-0.39, 0.29) is 0 Å². The van der Waals surface area contributed by atoms with Gasteiger partial charge in [-0.05, 0) is 25.5 Å². The third-order valence-electron chi connectivity index (χ3n) is 3.70. The molecule has 0 bridgehead atoms. The molecule has 2 heterocycles. The maximum Gasteiger partial charge on any atom is 0.123 e. The first kappa shape index (κ1) is 12.2. The largest absolute Gasteiger partial charge is 0.496 e. The molecule has 1 aliphatic rings. The topological polar surface area (TPSA) is 39.1 Å². The zero-order valence-corrected chi connectivity index (χ0v) is 11.2. The zero-order chi connectivity index (χ0) is 13.1. The van der Waals surface area contributed by atoms with Crippen molar-refractivity contribution in [2.45, 2.75) is 25.4 Å². The van der Waals surface area contributed by atoms with Crippen molar-refractivity contribution in [2.75, 3.05) is 13.7 Å². The maximum absolute atomic E-state index is 5.41. The van der Waals surface area contributed by atoms with Crippen LogP contribution in [-0.2, 0) is 6.54 Å². The monoisotopic (exact) mass is 257 g/mol. The molecular weight excluding hydrogens is 238 g/mol. The molecule has 0 amide bonds. The van der Waals surface area contributed by atoms with Gasteiger partial charge in [-0.1, -0.05) is 18.2 Å². The predicted octanol–water partition coefficient (Wildman–Crippen LogP) is 2.36. The van der Waals surface area contributed by atoms with Crippen LogP contribution in [0.2, 0.25) is 0 Å². The number of benzene rings is 1. The summed E-state index contributed by atoms with van der Waals surface area (Å²) in [4.78, 5) is 4.30. The Morgan fingerprint density at radius 1 is 1.42 bits per heavy atom. The SMILES string of the molecule is COc1ccccc1Cn1cncc1C1CCCN1. The standard InChI is InChI=1S/C15H19N3O/c1-19-15-7-3-2-5-12(15)10-18-11-16-9-14(18)13-6-4-8-17-13/h2-3,5,7,9,11,13,17H,4,6,8,10H2,1H3. The summed E-state index contributed by atoms with van der Waals surface area (Å²) in [6.07, 6.45) is 6.31. The molecule has 4 nitrogen and oxygen atoms in total. The first-order chi connectivity index (χ1) is 9.38. The van der Waals surface area contributed by atoms with Crippen molar-refractivity contribution in [1.82, 2.24) is 14.9 Å². The number of aromatic nitrogens is 2. The Labute approximate surface area is 113 Å². The normalized spacial score (nSPS) is 18.7. The van der Waals surface area contributed by atoms with Crippen LogP contribution >= 0.6 is 0 Å². The summed E-state index contributed by atoms with van der Waals surface area (Å²) in [5.74, 6) is 0.932. The molecule has 3 rings (SSSR count). The second kappa shape index (κ2) is 5.45. The van der Waals surface area contributed by atoms with Crippen LogP contribution in [0.4, 0.5) is 0 Å². The van der Waals surface area contributed by atoms with Gasteiger partial charge in [0.1, 0.15) is 5.75 Å². The minimum atomic E-state index is 0.442. The van der Waals surface area contributed by atoms with Gasteiger partial charge in [0, 0.05) is 17.8 Å². The Morgan fingerprint density at radius 3 is 3.11 bits per heavy atom. The molecule has 1 aromatic carbocycles. The van der Waals surface area contributed by atoms with Crippen molar-refractivity contribution in [3.05, 3.63) is 48.0 Å². The second-order valence-electron chi connectivity index (χ2n) is 4.91. The van der Waals surface area contributed by atoms with Gasteiger partial charge < -0.3 is 14.6 Å². The van der Waals surface area contributed by atoms with Gasteiger partial charge in [0.25, 0.3) is 0 Å². The van der Waals surface area contributed by atoms with Gasteiger partial charge in [0.2, 0.25) is 0 Å². The Hall–Kier alpha value is -1.81. The number of rotatable bonds is 4. The van der Waals surface area contributed by atoms with E-state index < -0.39 is 0 Å². The van der Waals surface area contributed by atoms with Crippen LogP contribution in [0.15, 0.2) is 36.8 Å². The molecule has 19 heavy (non-hydrogen) atoms.